The molecule has 5 rings (SSSR count). The summed E-state index contributed by atoms with van der Waals surface area (Å²) in [7, 11) is 1.89. The van der Waals surface area contributed by atoms with Gasteiger partial charge in [0.1, 0.15) is 30.2 Å². The van der Waals surface area contributed by atoms with E-state index < -0.39 is 24.5 Å². The largest absolute Gasteiger partial charge is 0.387 e. The van der Waals surface area contributed by atoms with E-state index in [0.717, 1.165) is 11.3 Å². The van der Waals surface area contributed by atoms with Gasteiger partial charge in [-0.05, 0) is 32.1 Å². The summed E-state index contributed by atoms with van der Waals surface area (Å²) in [4.78, 5) is 30.8. The Morgan fingerprint density at radius 2 is 2.00 bits per heavy atom. The summed E-state index contributed by atoms with van der Waals surface area (Å²) < 4.78 is 7.54. The maximum absolute atomic E-state index is 12.2. The lowest BCUT2D eigenvalue weighted by atomic mass is 10.1. The predicted molar refractivity (Wildman–Crippen MR) is 142 cm³/mol. The van der Waals surface area contributed by atoms with Crippen LogP contribution in [0.2, 0.25) is 0 Å². The number of aliphatic hydroxyl groups excluding tert-OH is 2. The minimum absolute atomic E-state index is 0.227. The fourth-order valence-electron chi connectivity index (χ4n) is 4.37. The molecule has 0 saturated carbocycles. The van der Waals surface area contributed by atoms with Gasteiger partial charge in [-0.2, -0.15) is 0 Å². The number of carbonyl (C=O) groups is 1. The summed E-state index contributed by atoms with van der Waals surface area (Å²) in [5.41, 5.74) is 11.0. The van der Waals surface area contributed by atoms with Gasteiger partial charge >= 0.3 is 6.03 Å². The average Bonchev–Trinajstić information content (AvgIpc) is 3.65. The lowest BCUT2D eigenvalue weighted by molar-refractivity contribution is -0.0421. The van der Waals surface area contributed by atoms with Gasteiger partial charge < -0.3 is 36.2 Å². The van der Waals surface area contributed by atoms with Gasteiger partial charge in [0, 0.05) is 29.7 Å². The Bertz CT molecular complexity index is 1370. The number of aromatic nitrogens is 5. The highest BCUT2D eigenvalue weighted by atomic mass is 32.1. The highest BCUT2D eigenvalue weighted by Crippen LogP contribution is 2.32. The van der Waals surface area contributed by atoms with Gasteiger partial charge in [0.25, 0.3) is 0 Å². The van der Waals surface area contributed by atoms with E-state index in [0.29, 0.717) is 42.9 Å². The lowest BCUT2D eigenvalue weighted by Crippen LogP contribution is -2.39. The van der Waals surface area contributed by atoms with Crippen molar-refractivity contribution in [2.45, 2.75) is 31.0 Å². The van der Waals surface area contributed by atoms with Gasteiger partial charge in [-0.25, -0.2) is 24.7 Å². The molecule has 0 aliphatic carbocycles. The van der Waals surface area contributed by atoms with Crippen molar-refractivity contribution in [2.24, 2.45) is 0 Å². The smallest absolute Gasteiger partial charge is 0.319 e. The maximum atomic E-state index is 12.2. The predicted octanol–water partition coefficient (Wildman–Crippen LogP) is 1.29. The van der Waals surface area contributed by atoms with Crippen LogP contribution in [0.4, 0.5) is 16.3 Å². The van der Waals surface area contributed by atoms with Crippen molar-refractivity contribution in [1.29, 1.82) is 0 Å². The molecule has 1 fully saturated rings. The van der Waals surface area contributed by atoms with Crippen LogP contribution < -0.4 is 16.4 Å². The van der Waals surface area contributed by atoms with Crippen molar-refractivity contribution in [3.05, 3.63) is 47.8 Å². The zero-order valence-corrected chi connectivity index (χ0v) is 21.5. The summed E-state index contributed by atoms with van der Waals surface area (Å²) >= 11 is 1.54. The Balaban J connectivity index is 1.05. The number of hydrogen-bond donors (Lipinski definition) is 5. The van der Waals surface area contributed by atoms with Crippen LogP contribution in [0.5, 0.6) is 0 Å². The molecule has 1 saturated heterocycles. The van der Waals surface area contributed by atoms with Crippen LogP contribution in [0, 0.1) is 0 Å². The van der Waals surface area contributed by atoms with E-state index in [2.05, 4.69) is 30.6 Å². The van der Waals surface area contributed by atoms with Gasteiger partial charge in [-0.1, -0.05) is 12.1 Å². The number of amides is 2. The van der Waals surface area contributed by atoms with E-state index in [1.54, 1.807) is 10.1 Å². The van der Waals surface area contributed by atoms with Gasteiger partial charge in [-0.15, -0.1) is 11.3 Å². The number of hydrogen-bond acceptors (Lipinski definition) is 11. The molecule has 200 valence electrons. The molecule has 3 aromatic heterocycles. The first-order valence-electron chi connectivity index (χ1n) is 12.1. The van der Waals surface area contributed by atoms with E-state index in [4.69, 9.17) is 10.5 Å². The second-order valence-electron chi connectivity index (χ2n) is 9.08. The number of likely N-dealkylation sites (N-methyl/N-ethyl adjacent to an activating group) is 1. The van der Waals surface area contributed by atoms with Gasteiger partial charge in [0.15, 0.2) is 17.7 Å². The normalized spacial score (nSPS) is 21.3. The SMILES string of the molecule is CN(CCCNC(=O)Nc1ccc(-c2cscn2)cc1)C[C@H]1OC(n2cnc3c(N)ncnc32)[C@H](O)[C@@H]1O. The van der Waals surface area contributed by atoms with Crippen molar-refractivity contribution in [3.8, 4) is 11.3 Å². The number of nitrogens with one attached hydrogen (secondary N) is 2. The molecule has 0 spiro atoms. The number of urea groups is 1. The summed E-state index contributed by atoms with van der Waals surface area (Å²) in [5, 5.41) is 28.9. The Hall–Kier alpha value is -3.69. The Labute approximate surface area is 222 Å². The summed E-state index contributed by atoms with van der Waals surface area (Å²) in [6, 6.07) is 7.22. The van der Waals surface area contributed by atoms with E-state index >= 15 is 0 Å². The monoisotopic (exact) mass is 539 g/mol. The first-order chi connectivity index (χ1) is 18.4. The number of fused-ring (bicyclic) bond motifs is 1. The lowest BCUT2D eigenvalue weighted by Gasteiger charge is -2.22. The molecule has 4 atom stereocenters. The second-order valence-corrected chi connectivity index (χ2v) is 9.80. The molecule has 1 aliphatic rings. The van der Waals surface area contributed by atoms with Gasteiger partial charge in [0.05, 0.1) is 17.5 Å². The van der Waals surface area contributed by atoms with Crippen LogP contribution >= 0.6 is 11.3 Å². The molecule has 0 radical (unpaired) electrons. The highest BCUT2D eigenvalue weighted by molar-refractivity contribution is 7.07. The number of anilines is 2. The standard InChI is InChI=1S/C24H29N9O4S/c1-32(8-2-7-26-24(36)31-15-5-3-14(4-6-15)16-10-38-13-30-16)9-17-19(34)20(35)23(37-17)33-12-29-18-21(25)27-11-28-22(18)33/h3-6,10-13,17,19-20,23,34-35H,2,7-9H2,1H3,(H2,25,27,28)(H2,26,31,36)/t17-,19-,20-,23?/m1/s1. The number of aliphatic hydroxyl groups is 2. The maximum Gasteiger partial charge on any atom is 0.319 e. The fourth-order valence-corrected chi connectivity index (χ4v) is 4.93. The molecule has 4 heterocycles. The number of thiazole rings is 1. The molecule has 1 unspecified atom stereocenters. The molecule has 2 amide bonds. The molecular weight excluding hydrogens is 510 g/mol. The van der Waals surface area contributed by atoms with Crippen molar-refractivity contribution < 1.29 is 19.7 Å². The molecule has 4 aromatic rings. The minimum Gasteiger partial charge on any atom is -0.387 e. The zero-order chi connectivity index (χ0) is 26.6. The van der Waals surface area contributed by atoms with E-state index in [-0.39, 0.29) is 11.8 Å². The molecule has 0 bridgehead atoms. The van der Waals surface area contributed by atoms with Crippen LogP contribution in [-0.4, -0.2) is 90.6 Å². The number of nitrogens with zero attached hydrogens (tertiary/aromatic N) is 6. The second kappa shape index (κ2) is 11.4. The van der Waals surface area contributed by atoms with Crippen LogP contribution in [0.1, 0.15) is 12.6 Å². The van der Waals surface area contributed by atoms with Crippen LogP contribution in [0.3, 0.4) is 0 Å². The minimum atomic E-state index is -1.16. The Kier molecular flexibility index (Phi) is 7.76. The summed E-state index contributed by atoms with van der Waals surface area (Å²) in [5.74, 6) is 0.227. The quantitative estimate of drug-likeness (QED) is 0.195. The molecular formula is C24H29N9O4S. The fraction of sp³-hybridized carbons (Fsp3) is 0.375. The Morgan fingerprint density at radius 3 is 2.76 bits per heavy atom. The van der Waals surface area contributed by atoms with E-state index in [9.17, 15) is 15.0 Å². The number of imidazole rings is 1. The first kappa shape index (κ1) is 25.9. The average molecular weight is 540 g/mol. The van der Waals surface area contributed by atoms with E-state index in [1.807, 2.05) is 41.6 Å². The zero-order valence-electron chi connectivity index (χ0n) is 20.6. The van der Waals surface area contributed by atoms with Gasteiger partial charge in [-0.3, -0.25) is 4.57 Å². The number of nitrogens with two attached hydrogens (primary N) is 1. The molecule has 13 nitrogen and oxygen atoms in total. The third kappa shape index (κ3) is 5.58. The number of carbonyl (C=O) groups excluding carboxylic acids is 1. The molecule has 38 heavy (non-hydrogen) atoms. The van der Waals surface area contributed by atoms with Crippen LogP contribution in [0.15, 0.2) is 47.8 Å². The topological polar surface area (TPSA) is 177 Å². The molecule has 1 aromatic carbocycles. The molecule has 14 heteroatoms. The number of ether oxygens (including phenoxy) is 1. The number of benzene rings is 1. The van der Waals surface area contributed by atoms with Crippen molar-refractivity contribution in [1.82, 2.24) is 34.7 Å². The third-order valence-corrected chi connectivity index (χ3v) is 6.95. The van der Waals surface area contributed by atoms with Crippen molar-refractivity contribution in [2.75, 3.05) is 37.7 Å². The van der Waals surface area contributed by atoms with Crippen molar-refractivity contribution >= 4 is 40.0 Å². The Morgan fingerprint density at radius 1 is 1.18 bits per heavy atom. The third-order valence-electron chi connectivity index (χ3n) is 6.36. The highest BCUT2D eigenvalue weighted by Gasteiger charge is 2.44. The summed E-state index contributed by atoms with van der Waals surface area (Å²) in [6.07, 6.45) is -0.276. The van der Waals surface area contributed by atoms with E-state index in [1.165, 1.54) is 24.0 Å². The first-order valence-corrected chi connectivity index (χ1v) is 13.0. The number of rotatable bonds is 9. The van der Waals surface area contributed by atoms with Gasteiger partial charge in [0.2, 0.25) is 0 Å². The van der Waals surface area contributed by atoms with Crippen LogP contribution in [0.25, 0.3) is 22.4 Å². The van der Waals surface area contributed by atoms with Crippen molar-refractivity contribution in [3.63, 3.8) is 0 Å². The summed E-state index contributed by atoms with van der Waals surface area (Å²) in [6.45, 7) is 1.50. The number of nitrogen functional groups attached to an aromatic ring is 1. The van der Waals surface area contributed by atoms with Crippen LogP contribution in [-0.2, 0) is 4.74 Å². The molecule has 6 N–H and O–H groups in total. The molecule has 1 aliphatic heterocycles.